The second-order valence-corrected chi connectivity index (χ2v) is 11.0. The van der Waals surface area contributed by atoms with Gasteiger partial charge in [-0.2, -0.15) is 4.31 Å². The molecule has 4 rings (SSSR count). The van der Waals surface area contributed by atoms with E-state index in [0.29, 0.717) is 34.7 Å². The molecule has 0 saturated carbocycles. The maximum atomic E-state index is 12.8. The molecule has 0 bridgehead atoms. The van der Waals surface area contributed by atoms with E-state index in [1.54, 1.807) is 0 Å². The van der Waals surface area contributed by atoms with Crippen molar-refractivity contribution in [3.05, 3.63) is 52.5 Å². The van der Waals surface area contributed by atoms with Crippen molar-refractivity contribution in [3.63, 3.8) is 0 Å². The molecule has 2 aromatic carbocycles. The summed E-state index contributed by atoms with van der Waals surface area (Å²) in [5.41, 5.74) is 2.00. The molecule has 0 aliphatic carbocycles. The summed E-state index contributed by atoms with van der Waals surface area (Å²) >= 11 is 7.50. The van der Waals surface area contributed by atoms with Gasteiger partial charge < -0.3 is 0 Å². The molecule has 9 heteroatoms. The average Bonchev–Trinajstić information content (AvgIpc) is 3.14. The number of carbonyl (C=O) groups excluding carboxylic acids is 1. The van der Waals surface area contributed by atoms with E-state index in [9.17, 15) is 13.2 Å². The molecular weight excluding hydrogens is 442 g/mol. The van der Waals surface area contributed by atoms with Crippen LogP contribution in [0.2, 0.25) is 5.02 Å². The van der Waals surface area contributed by atoms with Crippen molar-refractivity contribution in [3.8, 4) is 0 Å². The van der Waals surface area contributed by atoms with Gasteiger partial charge in [-0.1, -0.05) is 29.9 Å². The van der Waals surface area contributed by atoms with Crippen LogP contribution >= 0.6 is 22.9 Å². The Hall–Kier alpha value is -2.00. The Kier molecular flexibility index (Phi) is 5.85. The van der Waals surface area contributed by atoms with Crippen molar-refractivity contribution in [2.24, 2.45) is 5.92 Å². The second kappa shape index (κ2) is 8.26. The third-order valence-corrected chi connectivity index (χ3v) is 8.72. The van der Waals surface area contributed by atoms with Crippen molar-refractivity contribution in [1.82, 2.24) is 9.29 Å². The number of nitrogens with zero attached hydrogens (tertiary/aromatic N) is 2. The number of amides is 1. The summed E-state index contributed by atoms with van der Waals surface area (Å²) in [4.78, 5) is 17.3. The van der Waals surface area contributed by atoms with Gasteiger partial charge in [0.15, 0.2) is 5.13 Å². The number of thiazole rings is 1. The first-order chi connectivity index (χ1) is 14.3. The average molecular weight is 464 g/mol. The van der Waals surface area contributed by atoms with Crippen LogP contribution in [0.3, 0.4) is 0 Å². The summed E-state index contributed by atoms with van der Waals surface area (Å²) in [7, 11) is -3.53. The zero-order valence-electron chi connectivity index (χ0n) is 16.7. The van der Waals surface area contributed by atoms with Gasteiger partial charge in [0.2, 0.25) is 10.0 Å². The standard InChI is InChI=1S/C21H22ClN3O3S2/c1-13-9-11-25(12-10-13)30(27,28)16-5-3-15(4-6-16)20(26)24-21-23-19-14(2)17(22)7-8-18(19)29-21/h3-8,13H,9-12H2,1-2H3,(H,23,24,26). The fraction of sp³-hybridized carbons (Fsp3) is 0.333. The van der Waals surface area contributed by atoms with Gasteiger partial charge in [0, 0.05) is 23.7 Å². The number of hydrogen-bond donors (Lipinski definition) is 1. The van der Waals surface area contributed by atoms with Crippen LogP contribution in [-0.2, 0) is 10.0 Å². The molecule has 1 saturated heterocycles. The molecule has 6 nitrogen and oxygen atoms in total. The van der Waals surface area contributed by atoms with Crippen molar-refractivity contribution in [2.45, 2.75) is 31.6 Å². The highest BCUT2D eigenvalue weighted by Gasteiger charge is 2.28. The zero-order valence-corrected chi connectivity index (χ0v) is 19.1. The van der Waals surface area contributed by atoms with E-state index in [1.165, 1.54) is 39.9 Å². The number of carbonyl (C=O) groups is 1. The van der Waals surface area contributed by atoms with Gasteiger partial charge in [-0.05, 0) is 67.6 Å². The fourth-order valence-electron chi connectivity index (χ4n) is 3.48. The lowest BCUT2D eigenvalue weighted by atomic mass is 10.0. The van der Waals surface area contributed by atoms with Crippen LogP contribution in [-0.4, -0.2) is 36.7 Å². The van der Waals surface area contributed by atoms with Crippen LogP contribution < -0.4 is 5.32 Å². The molecule has 1 aromatic heterocycles. The molecule has 158 valence electrons. The Morgan fingerprint density at radius 1 is 1.17 bits per heavy atom. The van der Waals surface area contributed by atoms with Crippen LogP contribution in [0.4, 0.5) is 5.13 Å². The van der Waals surface area contributed by atoms with Crippen LogP contribution in [0.25, 0.3) is 10.2 Å². The van der Waals surface area contributed by atoms with Crippen molar-refractivity contribution in [2.75, 3.05) is 18.4 Å². The molecule has 1 N–H and O–H groups in total. The molecule has 0 spiro atoms. The monoisotopic (exact) mass is 463 g/mol. The van der Waals surface area contributed by atoms with Crippen molar-refractivity contribution >= 4 is 54.2 Å². The number of aromatic nitrogens is 1. The highest BCUT2D eigenvalue weighted by Crippen LogP contribution is 2.32. The molecule has 1 amide bonds. The number of hydrogen-bond acceptors (Lipinski definition) is 5. The molecule has 30 heavy (non-hydrogen) atoms. The Labute approximate surface area is 184 Å². The number of benzene rings is 2. The summed E-state index contributed by atoms with van der Waals surface area (Å²) in [6.07, 6.45) is 1.74. The Bertz CT molecular complexity index is 1200. The van der Waals surface area contributed by atoms with Gasteiger partial charge in [0.05, 0.1) is 15.1 Å². The minimum Gasteiger partial charge on any atom is -0.298 e. The first-order valence-corrected chi connectivity index (χ1v) is 12.4. The van der Waals surface area contributed by atoms with Gasteiger partial charge in [-0.25, -0.2) is 13.4 Å². The smallest absolute Gasteiger partial charge is 0.257 e. The third kappa shape index (κ3) is 4.09. The normalized spacial score (nSPS) is 16.1. The maximum Gasteiger partial charge on any atom is 0.257 e. The Morgan fingerprint density at radius 2 is 1.83 bits per heavy atom. The first-order valence-electron chi connectivity index (χ1n) is 9.73. The number of halogens is 1. The first kappa shape index (κ1) is 21.2. The van der Waals surface area contributed by atoms with E-state index < -0.39 is 10.0 Å². The van der Waals surface area contributed by atoms with Crippen LogP contribution in [0.1, 0.15) is 35.7 Å². The SMILES string of the molecule is Cc1c(Cl)ccc2sc(NC(=O)c3ccc(S(=O)(=O)N4CCC(C)CC4)cc3)nc12. The van der Waals surface area contributed by atoms with Gasteiger partial charge in [0.1, 0.15) is 0 Å². The van der Waals surface area contributed by atoms with Crippen molar-refractivity contribution in [1.29, 1.82) is 0 Å². The summed E-state index contributed by atoms with van der Waals surface area (Å²) in [6, 6.07) is 9.73. The Morgan fingerprint density at radius 3 is 2.50 bits per heavy atom. The number of piperidine rings is 1. The van der Waals surface area contributed by atoms with Crippen molar-refractivity contribution < 1.29 is 13.2 Å². The van der Waals surface area contributed by atoms with Gasteiger partial charge in [0.25, 0.3) is 5.91 Å². The largest absolute Gasteiger partial charge is 0.298 e. The summed E-state index contributed by atoms with van der Waals surface area (Å²) in [5.74, 6) is 0.207. The van der Waals surface area contributed by atoms with Crippen LogP contribution in [0.15, 0.2) is 41.3 Å². The van der Waals surface area contributed by atoms with Gasteiger partial charge in [-0.15, -0.1) is 0 Å². The number of nitrogens with one attached hydrogen (secondary N) is 1. The molecular formula is C21H22ClN3O3S2. The Balaban J connectivity index is 1.50. The topological polar surface area (TPSA) is 79.4 Å². The molecule has 1 aliphatic rings. The molecule has 1 aliphatic heterocycles. The lowest BCUT2D eigenvalue weighted by Crippen LogP contribution is -2.37. The van der Waals surface area contributed by atoms with Crippen LogP contribution in [0.5, 0.6) is 0 Å². The molecule has 2 heterocycles. The van der Waals surface area contributed by atoms with E-state index in [4.69, 9.17) is 11.6 Å². The van der Waals surface area contributed by atoms with E-state index in [2.05, 4.69) is 17.2 Å². The molecule has 1 fully saturated rings. The number of fused-ring (bicyclic) bond motifs is 1. The second-order valence-electron chi connectivity index (χ2n) is 7.60. The number of aryl methyl sites for hydroxylation is 1. The predicted molar refractivity (Wildman–Crippen MR) is 121 cm³/mol. The van der Waals surface area contributed by atoms with E-state index in [-0.39, 0.29) is 10.8 Å². The fourth-order valence-corrected chi connectivity index (χ4v) is 6.02. The molecule has 0 atom stereocenters. The van der Waals surface area contributed by atoms with E-state index in [0.717, 1.165) is 28.6 Å². The summed E-state index contributed by atoms with van der Waals surface area (Å²) < 4.78 is 28.1. The minimum absolute atomic E-state index is 0.207. The predicted octanol–water partition coefficient (Wildman–Crippen LogP) is 4.93. The van der Waals surface area contributed by atoms with E-state index >= 15 is 0 Å². The molecule has 0 unspecified atom stereocenters. The molecule has 0 radical (unpaired) electrons. The number of rotatable bonds is 4. The third-order valence-electron chi connectivity index (χ3n) is 5.47. The lowest BCUT2D eigenvalue weighted by Gasteiger charge is -2.29. The summed E-state index contributed by atoms with van der Waals surface area (Å²) in [5, 5.41) is 3.89. The number of anilines is 1. The van der Waals surface area contributed by atoms with Crippen LogP contribution in [0, 0.1) is 12.8 Å². The quantitative estimate of drug-likeness (QED) is 0.594. The maximum absolute atomic E-state index is 12.8. The number of sulfonamides is 1. The highest BCUT2D eigenvalue weighted by atomic mass is 35.5. The van der Waals surface area contributed by atoms with Gasteiger partial charge in [-0.3, -0.25) is 10.1 Å². The highest BCUT2D eigenvalue weighted by molar-refractivity contribution is 7.89. The van der Waals surface area contributed by atoms with Gasteiger partial charge >= 0.3 is 0 Å². The minimum atomic E-state index is -3.53. The summed E-state index contributed by atoms with van der Waals surface area (Å²) in [6.45, 7) is 5.09. The molecule has 3 aromatic rings. The van der Waals surface area contributed by atoms with E-state index in [1.807, 2.05) is 19.1 Å². The zero-order chi connectivity index (χ0) is 21.5. The lowest BCUT2D eigenvalue weighted by molar-refractivity contribution is 0.102.